The molecule has 0 aromatic carbocycles. The summed E-state index contributed by atoms with van der Waals surface area (Å²) in [4.78, 5) is 10.9. The van der Waals surface area contributed by atoms with Crippen molar-refractivity contribution in [2.45, 2.75) is 13.8 Å². The van der Waals surface area contributed by atoms with Gasteiger partial charge in [-0.3, -0.25) is 4.79 Å². The van der Waals surface area contributed by atoms with Crippen molar-refractivity contribution >= 4 is 15.6 Å². The third-order valence-electron chi connectivity index (χ3n) is 1.19. The van der Waals surface area contributed by atoms with Gasteiger partial charge in [0.1, 0.15) is 12.5 Å². The van der Waals surface area contributed by atoms with E-state index in [9.17, 15) is 13.2 Å². The molecule has 0 fully saturated rings. The summed E-state index contributed by atoms with van der Waals surface area (Å²) in [7, 11) is -3.12. The Hall–Kier alpha value is -0.420. The summed E-state index contributed by atoms with van der Waals surface area (Å²) < 4.78 is 25.8. The Balaban J connectivity index is 3.66. The van der Waals surface area contributed by atoms with E-state index in [1.807, 2.05) is 0 Å². The lowest BCUT2D eigenvalue weighted by Crippen LogP contribution is -2.17. The van der Waals surface area contributed by atoms with Crippen LogP contribution in [0.3, 0.4) is 0 Å². The van der Waals surface area contributed by atoms with Crippen molar-refractivity contribution in [1.29, 1.82) is 0 Å². The molecule has 0 radical (unpaired) electrons. The Kier molecular flexibility index (Phi) is 4.41. The predicted molar refractivity (Wildman–Crippen MR) is 45.5 cm³/mol. The summed E-state index contributed by atoms with van der Waals surface area (Å²) in [5.41, 5.74) is 0. The largest absolute Gasteiger partial charge is 0.358 e. The lowest BCUT2D eigenvalue weighted by molar-refractivity contribution is -0.125. The molecular formula is C7H14O4S. The first-order valence-corrected chi connectivity index (χ1v) is 5.67. The minimum atomic E-state index is -3.12. The van der Waals surface area contributed by atoms with Gasteiger partial charge < -0.3 is 4.74 Å². The molecule has 0 N–H and O–H groups in total. The lowest BCUT2D eigenvalue weighted by Gasteiger charge is -2.03. The average molecular weight is 194 g/mol. The van der Waals surface area contributed by atoms with Crippen LogP contribution in [0, 0.1) is 5.92 Å². The topological polar surface area (TPSA) is 60.4 Å². The normalized spacial score (nSPS) is 12.0. The summed E-state index contributed by atoms with van der Waals surface area (Å²) in [6.45, 7) is 3.36. The molecule has 0 aliphatic rings. The van der Waals surface area contributed by atoms with Crippen LogP contribution in [0.4, 0.5) is 0 Å². The third kappa shape index (κ3) is 6.30. The van der Waals surface area contributed by atoms with Crippen molar-refractivity contribution < 1.29 is 17.9 Å². The highest BCUT2D eigenvalue weighted by Gasteiger charge is 2.08. The number of ether oxygens (including phenoxy) is 1. The van der Waals surface area contributed by atoms with Gasteiger partial charge in [0, 0.05) is 12.2 Å². The van der Waals surface area contributed by atoms with E-state index in [0.717, 1.165) is 6.26 Å². The highest BCUT2D eigenvalue weighted by Crippen LogP contribution is 1.95. The molecule has 0 aromatic rings. The number of hydrogen-bond donors (Lipinski definition) is 0. The molecule has 0 aliphatic heterocycles. The zero-order valence-corrected chi connectivity index (χ0v) is 8.35. The molecule has 0 saturated heterocycles. The second kappa shape index (κ2) is 4.57. The number of carbonyl (C=O) groups excluding carboxylic acids is 1. The minimum absolute atomic E-state index is 0.0846. The standard InChI is InChI=1S/C7H14O4S/c1-6(2)7(8)4-11-5-12(3,9)10/h6H,4-5H2,1-3H3. The molecule has 0 atom stereocenters. The number of sulfone groups is 1. The van der Waals surface area contributed by atoms with Gasteiger partial charge in [-0.15, -0.1) is 0 Å². The van der Waals surface area contributed by atoms with Gasteiger partial charge in [-0.05, 0) is 0 Å². The molecule has 0 unspecified atom stereocenters. The maximum Gasteiger partial charge on any atom is 0.171 e. The van der Waals surface area contributed by atoms with Crippen LogP contribution in [-0.2, 0) is 19.4 Å². The minimum Gasteiger partial charge on any atom is -0.358 e. The number of Topliss-reactive ketones (excluding diaryl/α,β-unsaturated/α-hetero) is 1. The van der Waals surface area contributed by atoms with E-state index in [4.69, 9.17) is 0 Å². The zero-order valence-electron chi connectivity index (χ0n) is 7.53. The SMILES string of the molecule is CC(C)C(=O)COCS(C)(=O)=O. The number of ketones is 1. The van der Waals surface area contributed by atoms with Gasteiger partial charge in [0.05, 0.1) is 0 Å². The Labute approximate surface area is 72.8 Å². The van der Waals surface area contributed by atoms with E-state index < -0.39 is 9.84 Å². The molecule has 0 rings (SSSR count). The van der Waals surface area contributed by atoms with Crippen LogP contribution >= 0.6 is 0 Å². The maximum atomic E-state index is 10.9. The van der Waals surface area contributed by atoms with Crippen LogP contribution < -0.4 is 0 Å². The van der Waals surface area contributed by atoms with E-state index in [1.54, 1.807) is 13.8 Å². The lowest BCUT2D eigenvalue weighted by atomic mass is 10.1. The van der Waals surface area contributed by atoms with Crippen LogP contribution in [0.1, 0.15) is 13.8 Å². The molecule has 0 aromatic heterocycles. The van der Waals surface area contributed by atoms with Crippen molar-refractivity contribution in [3.05, 3.63) is 0 Å². The first-order chi connectivity index (χ1) is 5.33. The third-order valence-corrected chi connectivity index (χ3v) is 1.78. The number of carbonyl (C=O) groups is 1. The molecule has 0 heterocycles. The second-order valence-corrected chi connectivity index (χ2v) is 5.10. The van der Waals surface area contributed by atoms with E-state index in [2.05, 4.69) is 4.74 Å². The fourth-order valence-corrected chi connectivity index (χ4v) is 0.846. The van der Waals surface area contributed by atoms with Crippen LogP contribution in [0.25, 0.3) is 0 Å². The summed E-state index contributed by atoms with van der Waals surface area (Å²) in [6.07, 6.45) is 1.06. The summed E-state index contributed by atoms with van der Waals surface area (Å²) >= 11 is 0. The van der Waals surface area contributed by atoms with Gasteiger partial charge in [-0.2, -0.15) is 0 Å². The molecule has 0 amide bonds. The Bertz CT molecular complexity index is 240. The Morgan fingerprint density at radius 3 is 2.25 bits per heavy atom. The zero-order chi connectivity index (χ0) is 9.78. The molecule has 0 aliphatic carbocycles. The first-order valence-electron chi connectivity index (χ1n) is 3.61. The van der Waals surface area contributed by atoms with E-state index in [1.165, 1.54) is 0 Å². The quantitative estimate of drug-likeness (QED) is 0.628. The van der Waals surface area contributed by atoms with Gasteiger partial charge in [0.25, 0.3) is 0 Å². The monoisotopic (exact) mass is 194 g/mol. The average Bonchev–Trinajstić information content (AvgIpc) is 1.84. The molecule has 5 heteroatoms. The van der Waals surface area contributed by atoms with Gasteiger partial charge >= 0.3 is 0 Å². The van der Waals surface area contributed by atoms with E-state index in [-0.39, 0.29) is 24.2 Å². The molecule has 72 valence electrons. The summed E-state index contributed by atoms with van der Waals surface area (Å²) in [5, 5.41) is 0. The first kappa shape index (κ1) is 11.6. The molecule has 0 saturated carbocycles. The predicted octanol–water partition coefficient (Wildman–Crippen LogP) is 0.230. The fraction of sp³-hybridized carbons (Fsp3) is 0.857. The molecule has 4 nitrogen and oxygen atoms in total. The fourth-order valence-electron chi connectivity index (χ4n) is 0.460. The highest BCUT2D eigenvalue weighted by molar-refractivity contribution is 7.90. The van der Waals surface area contributed by atoms with Crippen molar-refractivity contribution in [2.24, 2.45) is 5.92 Å². The van der Waals surface area contributed by atoms with Crippen molar-refractivity contribution in [3.8, 4) is 0 Å². The van der Waals surface area contributed by atoms with Crippen molar-refractivity contribution in [1.82, 2.24) is 0 Å². The molecule has 12 heavy (non-hydrogen) atoms. The maximum absolute atomic E-state index is 10.9. The van der Waals surface area contributed by atoms with Crippen LogP contribution in [-0.4, -0.2) is 33.0 Å². The van der Waals surface area contributed by atoms with Gasteiger partial charge in [-0.25, -0.2) is 8.42 Å². The van der Waals surface area contributed by atoms with Crippen LogP contribution in [0.15, 0.2) is 0 Å². The molecule has 0 bridgehead atoms. The van der Waals surface area contributed by atoms with E-state index >= 15 is 0 Å². The van der Waals surface area contributed by atoms with Crippen molar-refractivity contribution in [2.75, 3.05) is 18.8 Å². The highest BCUT2D eigenvalue weighted by atomic mass is 32.2. The number of rotatable bonds is 5. The van der Waals surface area contributed by atoms with Crippen molar-refractivity contribution in [3.63, 3.8) is 0 Å². The van der Waals surface area contributed by atoms with Gasteiger partial charge in [0.2, 0.25) is 0 Å². The Morgan fingerprint density at radius 1 is 1.42 bits per heavy atom. The number of hydrogen-bond acceptors (Lipinski definition) is 4. The second-order valence-electron chi connectivity index (χ2n) is 3.01. The molecular weight excluding hydrogens is 180 g/mol. The van der Waals surface area contributed by atoms with E-state index in [0.29, 0.717) is 0 Å². The smallest absolute Gasteiger partial charge is 0.171 e. The van der Waals surface area contributed by atoms with Gasteiger partial charge in [0.15, 0.2) is 15.6 Å². The summed E-state index contributed by atoms with van der Waals surface area (Å²) in [6, 6.07) is 0. The Morgan fingerprint density at radius 2 is 1.92 bits per heavy atom. The van der Waals surface area contributed by atoms with Crippen LogP contribution in [0.2, 0.25) is 0 Å². The summed E-state index contributed by atoms with van der Waals surface area (Å²) in [5.74, 6) is -0.575. The molecule has 0 spiro atoms. The van der Waals surface area contributed by atoms with Gasteiger partial charge in [-0.1, -0.05) is 13.8 Å². The van der Waals surface area contributed by atoms with Crippen LogP contribution in [0.5, 0.6) is 0 Å².